The van der Waals surface area contributed by atoms with Gasteiger partial charge in [-0.3, -0.25) is 4.90 Å². The molecule has 0 bridgehead atoms. The molecule has 0 amide bonds. The van der Waals surface area contributed by atoms with Crippen LogP contribution in [0.5, 0.6) is 5.75 Å². The predicted molar refractivity (Wildman–Crippen MR) is 83.3 cm³/mol. The van der Waals surface area contributed by atoms with Gasteiger partial charge in [0.15, 0.2) is 11.6 Å². The van der Waals surface area contributed by atoms with E-state index in [9.17, 15) is 4.39 Å². The van der Waals surface area contributed by atoms with Crippen LogP contribution in [0.1, 0.15) is 36.0 Å². The summed E-state index contributed by atoms with van der Waals surface area (Å²) < 4.78 is 21.5. The minimum Gasteiger partial charge on any atom is -0.494 e. The Labute approximate surface area is 130 Å². The van der Waals surface area contributed by atoms with E-state index in [1.165, 1.54) is 7.11 Å². The Kier molecular flexibility index (Phi) is 4.16. The van der Waals surface area contributed by atoms with Crippen molar-refractivity contribution in [1.82, 2.24) is 14.5 Å². The summed E-state index contributed by atoms with van der Waals surface area (Å²) in [7, 11) is 3.52. The van der Waals surface area contributed by atoms with Crippen molar-refractivity contribution in [3.63, 3.8) is 0 Å². The Morgan fingerprint density at radius 2 is 2.23 bits per heavy atom. The number of methoxy groups -OCH3 is 1. The van der Waals surface area contributed by atoms with Gasteiger partial charge in [0.1, 0.15) is 5.82 Å². The second-order valence-corrected chi connectivity index (χ2v) is 5.91. The second kappa shape index (κ2) is 6.08. The van der Waals surface area contributed by atoms with Gasteiger partial charge in [-0.15, -0.1) is 0 Å². The molecule has 2 aromatic rings. The van der Waals surface area contributed by atoms with Gasteiger partial charge < -0.3 is 9.30 Å². The van der Waals surface area contributed by atoms with Gasteiger partial charge in [0.25, 0.3) is 0 Å². The number of likely N-dealkylation sites (tertiary alicyclic amines) is 1. The topological polar surface area (TPSA) is 30.3 Å². The van der Waals surface area contributed by atoms with Crippen LogP contribution in [0.4, 0.5) is 4.39 Å². The number of hydrogen-bond donors (Lipinski definition) is 0. The van der Waals surface area contributed by atoms with Gasteiger partial charge in [0.2, 0.25) is 0 Å². The average Bonchev–Trinajstić information content (AvgIpc) is 3.07. The number of aromatic nitrogens is 2. The van der Waals surface area contributed by atoms with Crippen LogP contribution in [0.25, 0.3) is 0 Å². The molecule has 1 atom stereocenters. The number of halogens is 1. The summed E-state index contributed by atoms with van der Waals surface area (Å²) in [6.07, 6.45) is 4.22. The lowest BCUT2D eigenvalue weighted by atomic mass is 10.1. The molecule has 3 rings (SSSR count). The zero-order chi connectivity index (χ0) is 15.7. The molecule has 1 aromatic heterocycles. The number of aryl methyl sites for hydroxylation is 2. The zero-order valence-corrected chi connectivity index (χ0v) is 13.3. The molecule has 1 aliphatic heterocycles. The summed E-state index contributed by atoms with van der Waals surface area (Å²) in [6.45, 7) is 3.55. The van der Waals surface area contributed by atoms with E-state index in [2.05, 4.69) is 14.5 Å². The molecule has 22 heavy (non-hydrogen) atoms. The first kappa shape index (κ1) is 15.0. The molecular weight excluding hydrogens is 281 g/mol. The first-order valence-corrected chi connectivity index (χ1v) is 7.65. The second-order valence-electron chi connectivity index (χ2n) is 5.91. The number of hydrogen-bond acceptors (Lipinski definition) is 3. The summed E-state index contributed by atoms with van der Waals surface area (Å²) in [4.78, 5) is 6.95. The Morgan fingerprint density at radius 3 is 2.91 bits per heavy atom. The molecule has 5 heteroatoms. The third-order valence-electron chi connectivity index (χ3n) is 4.33. The molecule has 4 nitrogen and oxygen atoms in total. The Hall–Kier alpha value is -1.88. The number of benzene rings is 1. The van der Waals surface area contributed by atoms with Crippen LogP contribution in [0.15, 0.2) is 24.4 Å². The minimum absolute atomic E-state index is 0.254. The minimum atomic E-state index is -0.258. The van der Waals surface area contributed by atoms with E-state index in [0.717, 1.165) is 30.9 Å². The van der Waals surface area contributed by atoms with E-state index >= 15 is 0 Å². The molecule has 1 aliphatic rings. The van der Waals surface area contributed by atoms with Gasteiger partial charge in [0.05, 0.1) is 18.8 Å². The highest BCUT2D eigenvalue weighted by molar-refractivity contribution is 5.31. The summed E-state index contributed by atoms with van der Waals surface area (Å²) in [5.74, 6) is 1.12. The SMILES string of the molecule is COc1cccc(CN2CCCC2c2nc(C)cn2C)c1F. The van der Waals surface area contributed by atoms with Crippen LogP contribution >= 0.6 is 0 Å². The normalized spacial score (nSPS) is 18.8. The van der Waals surface area contributed by atoms with E-state index in [-0.39, 0.29) is 11.9 Å². The van der Waals surface area contributed by atoms with Crippen LogP contribution in [0, 0.1) is 12.7 Å². The highest BCUT2D eigenvalue weighted by Crippen LogP contribution is 2.33. The van der Waals surface area contributed by atoms with Gasteiger partial charge in [-0.2, -0.15) is 0 Å². The van der Waals surface area contributed by atoms with Crippen molar-refractivity contribution in [3.8, 4) is 5.75 Å². The van der Waals surface area contributed by atoms with E-state index in [4.69, 9.17) is 4.74 Å². The predicted octanol–water partition coefficient (Wildman–Crippen LogP) is 3.21. The molecule has 0 N–H and O–H groups in total. The first-order valence-electron chi connectivity index (χ1n) is 7.65. The summed E-state index contributed by atoms with van der Waals surface area (Å²) in [6, 6.07) is 5.58. The molecule has 118 valence electrons. The molecule has 1 fully saturated rings. The van der Waals surface area contributed by atoms with Crippen LogP contribution in [0.3, 0.4) is 0 Å². The number of rotatable bonds is 4. The maximum Gasteiger partial charge on any atom is 0.169 e. The van der Waals surface area contributed by atoms with Crippen molar-refractivity contribution in [3.05, 3.63) is 47.3 Å². The quantitative estimate of drug-likeness (QED) is 0.869. The molecule has 1 unspecified atom stereocenters. The highest BCUT2D eigenvalue weighted by Gasteiger charge is 2.30. The molecule has 1 aromatic carbocycles. The highest BCUT2D eigenvalue weighted by atomic mass is 19.1. The Bertz CT molecular complexity index is 668. The van der Waals surface area contributed by atoms with Gasteiger partial charge in [-0.25, -0.2) is 9.37 Å². The zero-order valence-electron chi connectivity index (χ0n) is 13.3. The lowest BCUT2D eigenvalue weighted by Crippen LogP contribution is -2.25. The first-order chi connectivity index (χ1) is 10.6. The fourth-order valence-corrected chi connectivity index (χ4v) is 3.31. The summed E-state index contributed by atoms with van der Waals surface area (Å²) in [5, 5.41) is 0. The standard InChI is InChI=1S/C17H22FN3O/c1-12-10-20(2)17(19-12)14-7-5-9-21(14)11-13-6-4-8-15(22-3)16(13)18/h4,6,8,10,14H,5,7,9,11H2,1-3H3. The fraction of sp³-hybridized carbons (Fsp3) is 0.471. The summed E-state index contributed by atoms with van der Waals surface area (Å²) in [5.41, 5.74) is 1.70. The monoisotopic (exact) mass is 303 g/mol. The van der Waals surface area contributed by atoms with Crippen LogP contribution in [0.2, 0.25) is 0 Å². The average molecular weight is 303 g/mol. The maximum atomic E-state index is 14.4. The molecule has 2 heterocycles. The van der Waals surface area contributed by atoms with Crippen molar-refractivity contribution in [2.75, 3.05) is 13.7 Å². The van der Waals surface area contributed by atoms with Crippen molar-refractivity contribution in [2.24, 2.45) is 7.05 Å². The third-order valence-corrected chi connectivity index (χ3v) is 4.33. The van der Waals surface area contributed by atoms with Crippen molar-refractivity contribution >= 4 is 0 Å². The van der Waals surface area contributed by atoms with Crippen LogP contribution < -0.4 is 4.74 Å². The maximum absolute atomic E-state index is 14.4. The number of nitrogens with zero attached hydrogens (tertiary/aromatic N) is 3. The van der Waals surface area contributed by atoms with Gasteiger partial charge in [0, 0.05) is 25.4 Å². The molecule has 1 saturated heterocycles. The summed E-state index contributed by atoms with van der Waals surface area (Å²) >= 11 is 0. The Balaban J connectivity index is 1.84. The molecule has 0 spiro atoms. The van der Waals surface area contributed by atoms with Gasteiger partial charge in [-0.1, -0.05) is 12.1 Å². The third kappa shape index (κ3) is 2.73. The van der Waals surface area contributed by atoms with Crippen LogP contribution in [-0.2, 0) is 13.6 Å². The van der Waals surface area contributed by atoms with Crippen LogP contribution in [-0.4, -0.2) is 28.1 Å². The molecule has 0 radical (unpaired) electrons. The largest absolute Gasteiger partial charge is 0.494 e. The number of ether oxygens (including phenoxy) is 1. The van der Waals surface area contributed by atoms with Crippen molar-refractivity contribution < 1.29 is 9.13 Å². The lowest BCUT2D eigenvalue weighted by Gasteiger charge is -2.24. The molecular formula is C17H22FN3O. The van der Waals surface area contributed by atoms with Gasteiger partial charge >= 0.3 is 0 Å². The van der Waals surface area contributed by atoms with E-state index in [0.29, 0.717) is 17.9 Å². The number of imidazole rings is 1. The van der Waals surface area contributed by atoms with E-state index < -0.39 is 0 Å². The van der Waals surface area contributed by atoms with E-state index in [1.54, 1.807) is 6.07 Å². The Morgan fingerprint density at radius 1 is 1.41 bits per heavy atom. The van der Waals surface area contributed by atoms with Crippen molar-refractivity contribution in [2.45, 2.75) is 32.4 Å². The van der Waals surface area contributed by atoms with Gasteiger partial charge in [-0.05, 0) is 32.4 Å². The smallest absolute Gasteiger partial charge is 0.169 e. The van der Waals surface area contributed by atoms with E-state index in [1.807, 2.05) is 32.3 Å². The lowest BCUT2D eigenvalue weighted by molar-refractivity contribution is 0.232. The van der Waals surface area contributed by atoms with Crippen molar-refractivity contribution in [1.29, 1.82) is 0 Å². The molecule has 0 aliphatic carbocycles. The fourth-order valence-electron chi connectivity index (χ4n) is 3.31. The molecule has 0 saturated carbocycles.